The second kappa shape index (κ2) is 9.92. The van der Waals surface area contributed by atoms with Crippen molar-refractivity contribution in [2.24, 2.45) is 5.92 Å². The highest BCUT2D eigenvalue weighted by molar-refractivity contribution is 7.99. The zero-order valence-electron chi connectivity index (χ0n) is 18.7. The third kappa shape index (κ3) is 5.18. The maximum Gasteiger partial charge on any atom is 0.223 e. The Morgan fingerprint density at radius 1 is 1.19 bits per heavy atom. The fraction of sp³-hybridized carbons (Fsp3) is 0.700. The Hall–Kier alpha value is -1.92. The van der Waals surface area contributed by atoms with Gasteiger partial charge in [0.25, 0.3) is 0 Å². The van der Waals surface area contributed by atoms with E-state index in [1.165, 1.54) is 23.4 Å². The van der Waals surface area contributed by atoms with Crippen molar-refractivity contribution in [3.63, 3.8) is 0 Å². The molecule has 0 atom stereocenters. The van der Waals surface area contributed by atoms with Crippen molar-refractivity contribution >= 4 is 44.5 Å². The number of fused-ring (bicyclic) bond motifs is 1. The van der Waals surface area contributed by atoms with Crippen molar-refractivity contribution in [1.82, 2.24) is 29.4 Å². The van der Waals surface area contributed by atoms with Crippen molar-refractivity contribution < 1.29 is 13.2 Å². The van der Waals surface area contributed by atoms with Gasteiger partial charge in [-0.25, -0.2) is 27.4 Å². The first-order valence-corrected chi connectivity index (χ1v) is 14.0. The fourth-order valence-corrected chi connectivity index (χ4v) is 5.76. The molecule has 0 saturated carbocycles. The number of anilines is 1. The molecule has 2 aliphatic rings. The quantitative estimate of drug-likeness (QED) is 0.444. The van der Waals surface area contributed by atoms with Crippen LogP contribution in [0.5, 0.6) is 0 Å². The monoisotopic (exact) mass is 481 g/mol. The molecule has 12 heteroatoms. The van der Waals surface area contributed by atoms with Gasteiger partial charge in [-0.2, -0.15) is 5.10 Å². The molecule has 32 heavy (non-hydrogen) atoms. The molecule has 0 spiro atoms. The van der Waals surface area contributed by atoms with Crippen LogP contribution in [-0.4, -0.2) is 83.1 Å². The highest BCUT2D eigenvalue weighted by Crippen LogP contribution is 2.29. The molecule has 2 aromatic heterocycles. The first-order chi connectivity index (χ1) is 15.4. The molecule has 0 unspecified atom stereocenters. The van der Waals surface area contributed by atoms with Gasteiger partial charge in [-0.3, -0.25) is 4.79 Å². The molecule has 1 amide bonds. The number of carbonyl (C=O) groups excluding carboxylic acids is 1. The number of nitrogens with zero attached hydrogens (tertiary/aromatic N) is 6. The maximum atomic E-state index is 12.6. The Morgan fingerprint density at radius 3 is 2.56 bits per heavy atom. The number of carbonyl (C=O) groups is 1. The summed E-state index contributed by atoms with van der Waals surface area (Å²) in [6.45, 7) is 5.85. The molecular weight excluding hydrogens is 450 g/mol. The average molecular weight is 482 g/mol. The lowest BCUT2D eigenvalue weighted by Gasteiger charge is -2.29. The van der Waals surface area contributed by atoms with Crippen LogP contribution >= 0.6 is 11.8 Å². The van der Waals surface area contributed by atoms with E-state index in [9.17, 15) is 13.2 Å². The minimum absolute atomic E-state index is 0.0239. The summed E-state index contributed by atoms with van der Waals surface area (Å²) in [6, 6.07) is 0. The second-order valence-corrected chi connectivity index (χ2v) is 11.5. The Kier molecular flexibility index (Phi) is 7.21. The Morgan fingerprint density at radius 2 is 1.91 bits per heavy atom. The number of rotatable bonds is 8. The van der Waals surface area contributed by atoms with Gasteiger partial charge >= 0.3 is 0 Å². The lowest BCUT2D eigenvalue weighted by molar-refractivity contribution is -0.126. The number of sulfonamides is 1. The van der Waals surface area contributed by atoms with E-state index in [4.69, 9.17) is 9.97 Å². The van der Waals surface area contributed by atoms with E-state index < -0.39 is 10.0 Å². The molecule has 1 N–H and O–H groups in total. The van der Waals surface area contributed by atoms with Gasteiger partial charge in [0, 0.05) is 38.6 Å². The van der Waals surface area contributed by atoms with E-state index in [1.807, 2.05) is 10.9 Å². The van der Waals surface area contributed by atoms with Crippen LogP contribution in [0.15, 0.2) is 11.4 Å². The van der Waals surface area contributed by atoms with Gasteiger partial charge in [0.2, 0.25) is 15.9 Å². The van der Waals surface area contributed by atoms with Crippen LogP contribution in [0.4, 0.5) is 5.82 Å². The summed E-state index contributed by atoms with van der Waals surface area (Å²) in [5.74, 6) is 1.67. The largest absolute Gasteiger partial charge is 0.356 e. The Labute approximate surface area is 193 Å². The number of thioether (sulfide) groups is 1. The summed E-state index contributed by atoms with van der Waals surface area (Å²) in [7, 11) is -3.19. The van der Waals surface area contributed by atoms with Crippen LogP contribution in [-0.2, 0) is 21.4 Å². The number of hydrogen-bond donors (Lipinski definition) is 1. The maximum absolute atomic E-state index is 12.6. The van der Waals surface area contributed by atoms with Crippen molar-refractivity contribution in [3.8, 4) is 0 Å². The molecule has 0 aliphatic carbocycles. The lowest BCUT2D eigenvalue weighted by Crippen LogP contribution is -2.43. The van der Waals surface area contributed by atoms with E-state index in [2.05, 4.69) is 22.2 Å². The highest BCUT2D eigenvalue weighted by atomic mass is 32.2. The molecule has 0 aromatic carbocycles. The molecule has 176 valence electrons. The normalized spacial score (nSPS) is 18.5. The topological polar surface area (TPSA) is 113 Å². The summed E-state index contributed by atoms with van der Waals surface area (Å²) < 4.78 is 26.6. The molecule has 2 aliphatic heterocycles. The second-order valence-electron chi connectivity index (χ2n) is 8.29. The van der Waals surface area contributed by atoms with E-state index in [0.29, 0.717) is 39.0 Å². The Balaban J connectivity index is 1.40. The molecule has 0 radical (unpaired) electrons. The predicted molar refractivity (Wildman–Crippen MR) is 125 cm³/mol. The van der Waals surface area contributed by atoms with Crippen LogP contribution in [0, 0.1) is 5.92 Å². The van der Waals surface area contributed by atoms with Crippen LogP contribution < -0.4 is 10.2 Å². The summed E-state index contributed by atoms with van der Waals surface area (Å²) in [5, 5.41) is 9.23. The molecule has 4 rings (SSSR count). The molecular formula is C20H31N7O3S2. The van der Waals surface area contributed by atoms with E-state index >= 15 is 0 Å². The minimum Gasteiger partial charge on any atom is -0.356 e. The molecule has 2 aromatic rings. The smallest absolute Gasteiger partial charge is 0.223 e. The average Bonchev–Trinajstić information content (AvgIpc) is 3.43. The van der Waals surface area contributed by atoms with Crippen LogP contribution in [0.2, 0.25) is 0 Å². The summed E-state index contributed by atoms with van der Waals surface area (Å²) >= 11 is 1.62. The third-order valence-corrected chi connectivity index (χ3v) is 8.08. The van der Waals surface area contributed by atoms with Gasteiger partial charge in [-0.15, -0.1) is 0 Å². The van der Waals surface area contributed by atoms with E-state index in [1.54, 1.807) is 11.8 Å². The lowest BCUT2D eigenvalue weighted by atomic mass is 9.97. The standard InChI is InChI=1S/C20H31N7O3S2/c1-3-31-20-23-17(25-9-4-5-10-25)16-14-22-27(18(16)24-20)13-8-21-19(28)15-6-11-26(12-7-15)32(2,29)30/h14-15H,3-13H2,1-2H3,(H,21,28). The summed E-state index contributed by atoms with van der Waals surface area (Å²) in [6.07, 6.45) is 6.48. The molecule has 2 fully saturated rings. The van der Waals surface area contributed by atoms with E-state index in [0.717, 1.165) is 40.9 Å². The van der Waals surface area contributed by atoms with Crippen LogP contribution in [0.1, 0.15) is 32.6 Å². The molecule has 0 bridgehead atoms. The van der Waals surface area contributed by atoms with Crippen molar-refractivity contribution in [1.29, 1.82) is 0 Å². The van der Waals surface area contributed by atoms with Crippen molar-refractivity contribution in [2.75, 3.05) is 49.6 Å². The van der Waals surface area contributed by atoms with E-state index in [-0.39, 0.29) is 11.8 Å². The fourth-order valence-electron chi connectivity index (χ4n) is 4.33. The number of nitrogens with one attached hydrogen (secondary N) is 1. The number of piperidine rings is 1. The van der Waals surface area contributed by atoms with Gasteiger partial charge < -0.3 is 10.2 Å². The highest BCUT2D eigenvalue weighted by Gasteiger charge is 2.28. The first-order valence-electron chi connectivity index (χ1n) is 11.2. The number of amides is 1. The third-order valence-electron chi connectivity index (χ3n) is 6.05. The molecule has 10 nitrogen and oxygen atoms in total. The predicted octanol–water partition coefficient (Wildman–Crippen LogP) is 1.33. The van der Waals surface area contributed by atoms with Crippen molar-refractivity contribution in [3.05, 3.63) is 6.20 Å². The van der Waals surface area contributed by atoms with Gasteiger partial charge in [-0.05, 0) is 31.4 Å². The number of hydrogen-bond acceptors (Lipinski definition) is 8. The van der Waals surface area contributed by atoms with Gasteiger partial charge in [0.05, 0.1) is 24.4 Å². The summed E-state index contributed by atoms with van der Waals surface area (Å²) in [4.78, 5) is 24.4. The number of aromatic nitrogens is 4. The minimum atomic E-state index is -3.19. The van der Waals surface area contributed by atoms with Gasteiger partial charge in [0.15, 0.2) is 10.8 Å². The van der Waals surface area contributed by atoms with Crippen LogP contribution in [0.25, 0.3) is 11.0 Å². The Bertz CT molecular complexity index is 1060. The van der Waals surface area contributed by atoms with Gasteiger partial charge in [-0.1, -0.05) is 18.7 Å². The molecule has 2 saturated heterocycles. The first kappa shape index (κ1) is 23.2. The zero-order chi connectivity index (χ0) is 22.7. The zero-order valence-corrected chi connectivity index (χ0v) is 20.3. The molecule has 4 heterocycles. The van der Waals surface area contributed by atoms with Crippen molar-refractivity contribution in [2.45, 2.75) is 44.3 Å². The summed E-state index contributed by atoms with van der Waals surface area (Å²) in [5.41, 5.74) is 0.800. The van der Waals surface area contributed by atoms with Gasteiger partial charge in [0.1, 0.15) is 5.82 Å². The SMILES string of the molecule is CCSc1nc(N2CCCC2)c2cnn(CCNC(=O)C3CCN(S(C)(=O)=O)CC3)c2n1. The van der Waals surface area contributed by atoms with Crippen LogP contribution in [0.3, 0.4) is 0 Å².